The molecule has 0 atom stereocenters. The normalized spacial score (nSPS) is 14.5. The van der Waals surface area contributed by atoms with Crippen molar-refractivity contribution >= 4 is 21.8 Å². The lowest BCUT2D eigenvalue weighted by molar-refractivity contribution is -0.121. The summed E-state index contributed by atoms with van der Waals surface area (Å²) in [5, 5.41) is 0. The van der Waals surface area contributed by atoms with Gasteiger partial charge in [0, 0.05) is 11.6 Å². The molecule has 154 valence electrons. The van der Waals surface area contributed by atoms with E-state index in [9.17, 15) is 22.4 Å². The Kier molecular flexibility index (Phi) is 6.60. The zero-order chi connectivity index (χ0) is 20.9. The summed E-state index contributed by atoms with van der Waals surface area (Å²) in [6.45, 7) is 0. The van der Waals surface area contributed by atoms with E-state index in [4.69, 9.17) is 0 Å². The maximum absolute atomic E-state index is 12.9. The molecule has 2 amide bonds. The molecule has 1 aliphatic rings. The standard InChI is InChI=1S/C20H22FN3O4S/c21-16-10-8-14(9-11-16)12-19(25)22-23-20(26)15-4-3-7-18(13-15)29(27,28)24-17-5-1-2-6-17/h3-4,7-11,13,17,24H,1-2,5-6,12H2,(H,22,25)(H,23,26). The van der Waals surface area contributed by atoms with E-state index in [0.717, 1.165) is 25.7 Å². The molecule has 0 saturated heterocycles. The summed E-state index contributed by atoms with van der Waals surface area (Å²) in [4.78, 5) is 24.2. The minimum atomic E-state index is -3.72. The first-order valence-electron chi connectivity index (χ1n) is 9.29. The van der Waals surface area contributed by atoms with Crippen molar-refractivity contribution in [3.8, 4) is 0 Å². The van der Waals surface area contributed by atoms with E-state index in [2.05, 4.69) is 15.6 Å². The quantitative estimate of drug-likeness (QED) is 0.624. The molecule has 7 nitrogen and oxygen atoms in total. The maximum atomic E-state index is 12.9. The molecule has 0 unspecified atom stereocenters. The van der Waals surface area contributed by atoms with Gasteiger partial charge in [-0.25, -0.2) is 17.5 Å². The first-order chi connectivity index (χ1) is 13.8. The van der Waals surface area contributed by atoms with Crippen molar-refractivity contribution in [1.29, 1.82) is 0 Å². The molecule has 2 aromatic rings. The Morgan fingerprint density at radius 1 is 1.00 bits per heavy atom. The predicted octanol–water partition coefficient (Wildman–Crippen LogP) is 2.05. The lowest BCUT2D eigenvalue weighted by atomic mass is 10.1. The Balaban J connectivity index is 1.58. The van der Waals surface area contributed by atoms with E-state index >= 15 is 0 Å². The third-order valence-corrected chi connectivity index (χ3v) is 6.20. The third-order valence-electron chi connectivity index (χ3n) is 4.68. The number of sulfonamides is 1. The van der Waals surface area contributed by atoms with Crippen LogP contribution in [0.25, 0.3) is 0 Å². The average Bonchev–Trinajstić information content (AvgIpc) is 3.20. The lowest BCUT2D eigenvalue weighted by Gasteiger charge is -2.13. The molecular weight excluding hydrogens is 397 g/mol. The monoisotopic (exact) mass is 419 g/mol. The molecule has 3 N–H and O–H groups in total. The molecule has 29 heavy (non-hydrogen) atoms. The van der Waals surface area contributed by atoms with Gasteiger partial charge in [-0.3, -0.25) is 20.4 Å². The highest BCUT2D eigenvalue weighted by atomic mass is 32.2. The highest BCUT2D eigenvalue weighted by molar-refractivity contribution is 7.89. The summed E-state index contributed by atoms with van der Waals surface area (Å²) in [6.07, 6.45) is 3.56. The summed E-state index contributed by atoms with van der Waals surface area (Å²) in [5.74, 6) is -1.54. The number of hydrogen-bond donors (Lipinski definition) is 3. The van der Waals surface area contributed by atoms with E-state index in [1.807, 2.05) is 0 Å². The minimum absolute atomic E-state index is 0.00492. The van der Waals surface area contributed by atoms with Crippen LogP contribution in [0.5, 0.6) is 0 Å². The van der Waals surface area contributed by atoms with Crippen molar-refractivity contribution < 1.29 is 22.4 Å². The summed E-state index contributed by atoms with van der Waals surface area (Å²) in [7, 11) is -3.72. The van der Waals surface area contributed by atoms with Crippen LogP contribution >= 0.6 is 0 Å². The molecule has 1 fully saturated rings. The molecule has 0 radical (unpaired) electrons. The number of amides is 2. The van der Waals surface area contributed by atoms with Crippen molar-refractivity contribution in [2.75, 3.05) is 0 Å². The van der Waals surface area contributed by atoms with Crippen LogP contribution in [0.15, 0.2) is 53.4 Å². The number of hydrogen-bond acceptors (Lipinski definition) is 4. The number of nitrogens with one attached hydrogen (secondary N) is 3. The molecular formula is C20H22FN3O4S. The predicted molar refractivity (Wildman–Crippen MR) is 105 cm³/mol. The van der Waals surface area contributed by atoms with E-state index in [1.54, 1.807) is 0 Å². The largest absolute Gasteiger partial charge is 0.273 e. The molecule has 0 aliphatic heterocycles. The zero-order valence-corrected chi connectivity index (χ0v) is 16.5. The van der Waals surface area contributed by atoms with Gasteiger partial charge in [0.1, 0.15) is 5.82 Å². The molecule has 3 rings (SSSR count). The summed E-state index contributed by atoms with van der Waals surface area (Å²) >= 11 is 0. The van der Waals surface area contributed by atoms with Crippen LogP contribution in [-0.2, 0) is 21.2 Å². The SMILES string of the molecule is O=C(Cc1ccc(F)cc1)NNC(=O)c1cccc(S(=O)(=O)NC2CCCC2)c1. The smallest absolute Gasteiger partial charge is 0.269 e. The Morgan fingerprint density at radius 3 is 2.38 bits per heavy atom. The summed E-state index contributed by atoms with van der Waals surface area (Å²) in [5.41, 5.74) is 5.20. The van der Waals surface area contributed by atoms with E-state index in [0.29, 0.717) is 5.56 Å². The summed E-state index contributed by atoms with van der Waals surface area (Å²) in [6, 6.07) is 11.0. The van der Waals surface area contributed by atoms with Gasteiger partial charge in [0.25, 0.3) is 5.91 Å². The van der Waals surface area contributed by atoms with Crippen LogP contribution in [0, 0.1) is 5.82 Å². The third kappa shape index (κ3) is 5.85. The second kappa shape index (κ2) is 9.15. The van der Waals surface area contributed by atoms with Gasteiger partial charge in [-0.05, 0) is 48.7 Å². The highest BCUT2D eigenvalue weighted by Gasteiger charge is 2.23. The van der Waals surface area contributed by atoms with Gasteiger partial charge in [-0.1, -0.05) is 31.0 Å². The number of carbonyl (C=O) groups is 2. The highest BCUT2D eigenvalue weighted by Crippen LogP contribution is 2.20. The fourth-order valence-corrected chi connectivity index (χ4v) is 4.52. The van der Waals surface area contributed by atoms with E-state index in [-0.39, 0.29) is 22.9 Å². The zero-order valence-electron chi connectivity index (χ0n) is 15.7. The average molecular weight is 419 g/mol. The van der Waals surface area contributed by atoms with Crippen LogP contribution in [-0.4, -0.2) is 26.3 Å². The second-order valence-electron chi connectivity index (χ2n) is 6.94. The van der Waals surface area contributed by atoms with E-state index in [1.165, 1.54) is 48.5 Å². The number of carbonyl (C=O) groups excluding carboxylic acids is 2. The molecule has 0 spiro atoms. The van der Waals surface area contributed by atoms with Crippen molar-refractivity contribution in [2.24, 2.45) is 0 Å². The van der Waals surface area contributed by atoms with Crippen molar-refractivity contribution in [2.45, 2.75) is 43.0 Å². The van der Waals surface area contributed by atoms with Crippen molar-refractivity contribution in [1.82, 2.24) is 15.6 Å². The molecule has 0 aromatic heterocycles. The topological polar surface area (TPSA) is 104 Å². The molecule has 1 saturated carbocycles. The molecule has 9 heteroatoms. The first-order valence-corrected chi connectivity index (χ1v) is 10.8. The Morgan fingerprint density at radius 2 is 1.69 bits per heavy atom. The van der Waals surface area contributed by atoms with Gasteiger partial charge in [0.15, 0.2) is 0 Å². The van der Waals surface area contributed by atoms with Crippen molar-refractivity contribution in [3.63, 3.8) is 0 Å². The van der Waals surface area contributed by atoms with Gasteiger partial charge in [0.2, 0.25) is 15.9 Å². The molecule has 0 heterocycles. The maximum Gasteiger partial charge on any atom is 0.269 e. The number of hydrazine groups is 1. The lowest BCUT2D eigenvalue weighted by Crippen LogP contribution is -2.42. The number of halogens is 1. The van der Waals surface area contributed by atoms with Gasteiger partial charge >= 0.3 is 0 Å². The van der Waals surface area contributed by atoms with Gasteiger partial charge < -0.3 is 0 Å². The fourth-order valence-electron chi connectivity index (χ4n) is 3.17. The Labute approximate surface area is 168 Å². The summed E-state index contributed by atoms with van der Waals surface area (Å²) < 4.78 is 40.6. The first kappa shape index (κ1) is 20.9. The van der Waals surface area contributed by atoms with Crippen LogP contribution in [0.4, 0.5) is 4.39 Å². The van der Waals surface area contributed by atoms with Gasteiger partial charge in [-0.15, -0.1) is 0 Å². The van der Waals surface area contributed by atoms with Crippen molar-refractivity contribution in [3.05, 3.63) is 65.5 Å². The van der Waals surface area contributed by atoms with E-state index < -0.39 is 27.7 Å². The van der Waals surface area contributed by atoms with Crippen LogP contribution < -0.4 is 15.6 Å². The van der Waals surface area contributed by atoms with Gasteiger partial charge in [0.05, 0.1) is 11.3 Å². The molecule has 2 aromatic carbocycles. The Bertz CT molecular complexity index is 987. The number of benzene rings is 2. The molecule has 0 bridgehead atoms. The molecule has 1 aliphatic carbocycles. The van der Waals surface area contributed by atoms with Crippen LogP contribution in [0.2, 0.25) is 0 Å². The second-order valence-corrected chi connectivity index (χ2v) is 8.65. The van der Waals surface area contributed by atoms with Crippen LogP contribution in [0.1, 0.15) is 41.6 Å². The number of rotatable bonds is 6. The van der Waals surface area contributed by atoms with Gasteiger partial charge in [-0.2, -0.15) is 0 Å². The fraction of sp³-hybridized carbons (Fsp3) is 0.300. The minimum Gasteiger partial charge on any atom is -0.273 e. The van der Waals surface area contributed by atoms with Crippen LogP contribution in [0.3, 0.4) is 0 Å². The Hall–Kier alpha value is -2.78.